The van der Waals surface area contributed by atoms with Gasteiger partial charge in [0.1, 0.15) is 5.82 Å². The molecule has 19 heavy (non-hydrogen) atoms. The van der Waals surface area contributed by atoms with E-state index in [0.717, 1.165) is 18.2 Å². The molecule has 0 unspecified atom stereocenters. The molecule has 0 saturated heterocycles. The summed E-state index contributed by atoms with van der Waals surface area (Å²) in [4.78, 5) is 0. The van der Waals surface area contributed by atoms with Gasteiger partial charge in [-0.2, -0.15) is 26.3 Å². The van der Waals surface area contributed by atoms with E-state index in [1.165, 1.54) is 0 Å². The zero-order chi connectivity index (χ0) is 14.8. The first-order valence-corrected chi connectivity index (χ1v) is 5.50. The topological polar surface area (TPSA) is 9.23 Å². The Morgan fingerprint density at radius 2 is 1.58 bits per heavy atom. The van der Waals surface area contributed by atoms with Crippen molar-refractivity contribution in [3.8, 4) is 0 Å². The summed E-state index contributed by atoms with van der Waals surface area (Å²) in [6.45, 7) is -0.942. The van der Waals surface area contributed by atoms with Crippen LogP contribution < -0.4 is 0 Å². The monoisotopic (exact) mass is 354 g/mol. The van der Waals surface area contributed by atoms with Gasteiger partial charge in [0, 0.05) is 0 Å². The summed E-state index contributed by atoms with van der Waals surface area (Å²) in [7, 11) is 0. The fourth-order valence-corrected chi connectivity index (χ4v) is 1.61. The van der Waals surface area contributed by atoms with Crippen LogP contribution >= 0.6 is 15.9 Å². The number of rotatable bonds is 3. The highest BCUT2D eigenvalue weighted by Crippen LogP contribution is 2.36. The van der Waals surface area contributed by atoms with Crippen LogP contribution in [-0.4, -0.2) is 18.5 Å². The highest BCUT2D eigenvalue weighted by Gasteiger charge is 2.57. The number of ether oxygens (including phenoxy) is 1. The van der Waals surface area contributed by atoms with Gasteiger partial charge in [0.2, 0.25) is 6.10 Å². The standard InChI is InChI=1S/C10H6BrF7O/c11-6-3-5(1-2-7(6)12)4-19-8(9(13,14)15)10(16,17)18/h1-3,8H,4H2. The van der Waals surface area contributed by atoms with Crippen LogP contribution in [0.25, 0.3) is 0 Å². The molecule has 0 aliphatic carbocycles. The minimum Gasteiger partial charge on any atom is -0.356 e. The van der Waals surface area contributed by atoms with Crippen LogP contribution in [0.4, 0.5) is 30.7 Å². The molecule has 1 aromatic carbocycles. The Bertz CT molecular complexity index is 426. The quantitative estimate of drug-likeness (QED) is 0.721. The van der Waals surface area contributed by atoms with Gasteiger partial charge in [0.05, 0.1) is 11.1 Å². The van der Waals surface area contributed by atoms with Crippen molar-refractivity contribution in [2.45, 2.75) is 25.1 Å². The molecule has 0 fully saturated rings. The second-order valence-electron chi connectivity index (χ2n) is 3.52. The predicted octanol–water partition coefficient (Wildman–Crippen LogP) is 4.60. The fourth-order valence-electron chi connectivity index (χ4n) is 1.18. The van der Waals surface area contributed by atoms with Crippen molar-refractivity contribution in [2.24, 2.45) is 0 Å². The van der Waals surface area contributed by atoms with Crippen LogP contribution in [0.2, 0.25) is 0 Å². The number of benzene rings is 1. The molecule has 9 heteroatoms. The summed E-state index contributed by atoms with van der Waals surface area (Å²) < 4.78 is 89.5. The van der Waals surface area contributed by atoms with Crippen molar-refractivity contribution in [1.82, 2.24) is 0 Å². The summed E-state index contributed by atoms with van der Waals surface area (Å²) >= 11 is 2.76. The third-order valence-electron chi connectivity index (χ3n) is 2.00. The first kappa shape index (κ1) is 16.2. The molecule has 1 nitrogen and oxygen atoms in total. The zero-order valence-corrected chi connectivity index (χ0v) is 10.5. The zero-order valence-electron chi connectivity index (χ0n) is 8.95. The molecule has 0 spiro atoms. The lowest BCUT2D eigenvalue weighted by Crippen LogP contribution is -2.44. The molecule has 0 aromatic heterocycles. The molecule has 0 N–H and O–H groups in total. The lowest BCUT2D eigenvalue weighted by Gasteiger charge is -2.23. The van der Waals surface area contributed by atoms with Crippen LogP contribution in [0.1, 0.15) is 5.56 Å². The van der Waals surface area contributed by atoms with Crippen LogP contribution in [-0.2, 0) is 11.3 Å². The summed E-state index contributed by atoms with van der Waals surface area (Å²) in [5.74, 6) is -0.688. The molecular formula is C10H6BrF7O. The average Bonchev–Trinajstić information content (AvgIpc) is 2.19. The Morgan fingerprint density at radius 3 is 2.00 bits per heavy atom. The number of halogens is 8. The highest BCUT2D eigenvalue weighted by molar-refractivity contribution is 9.10. The molecular weight excluding hydrogens is 349 g/mol. The molecule has 0 radical (unpaired) electrons. The number of alkyl halides is 6. The van der Waals surface area contributed by atoms with Gasteiger partial charge in [0.25, 0.3) is 0 Å². The molecule has 0 aliphatic rings. The smallest absolute Gasteiger partial charge is 0.356 e. The normalized spacial score (nSPS) is 13.1. The number of hydrogen-bond donors (Lipinski definition) is 0. The highest BCUT2D eigenvalue weighted by atomic mass is 79.9. The Labute approximate surface area is 111 Å². The molecule has 0 bridgehead atoms. The minimum atomic E-state index is -5.56. The maximum absolute atomic E-state index is 12.8. The molecule has 0 heterocycles. The Balaban J connectivity index is 2.80. The summed E-state index contributed by atoms with van der Waals surface area (Å²) in [5, 5.41) is 0. The molecule has 0 amide bonds. The van der Waals surface area contributed by atoms with E-state index in [0.29, 0.717) is 0 Å². The van der Waals surface area contributed by atoms with E-state index in [4.69, 9.17) is 0 Å². The Morgan fingerprint density at radius 1 is 1.05 bits per heavy atom. The summed E-state index contributed by atoms with van der Waals surface area (Å²) in [5.41, 5.74) is -0.0215. The van der Waals surface area contributed by atoms with Crippen molar-refractivity contribution in [1.29, 1.82) is 0 Å². The third kappa shape index (κ3) is 4.64. The third-order valence-corrected chi connectivity index (χ3v) is 2.60. The number of hydrogen-bond acceptors (Lipinski definition) is 1. The van der Waals surface area contributed by atoms with Crippen molar-refractivity contribution in [3.63, 3.8) is 0 Å². The molecule has 1 aromatic rings. The van der Waals surface area contributed by atoms with E-state index in [1.54, 1.807) is 0 Å². The lowest BCUT2D eigenvalue weighted by molar-refractivity contribution is -0.324. The second-order valence-corrected chi connectivity index (χ2v) is 4.38. The van der Waals surface area contributed by atoms with Gasteiger partial charge in [-0.15, -0.1) is 0 Å². The summed E-state index contributed by atoms with van der Waals surface area (Å²) in [6, 6.07) is 2.97. The molecule has 0 atom stereocenters. The van der Waals surface area contributed by atoms with Crippen molar-refractivity contribution in [2.75, 3.05) is 0 Å². The molecule has 0 saturated carbocycles. The van der Waals surface area contributed by atoms with Gasteiger partial charge in [-0.05, 0) is 33.6 Å². The average molecular weight is 355 g/mol. The van der Waals surface area contributed by atoms with Crippen molar-refractivity contribution in [3.05, 3.63) is 34.1 Å². The van der Waals surface area contributed by atoms with Gasteiger partial charge in [0.15, 0.2) is 0 Å². The Hall–Kier alpha value is -0.830. The van der Waals surface area contributed by atoms with Crippen LogP contribution in [0.5, 0.6) is 0 Å². The van der Waals surface area contributed by atoms with Gasteiger partial charge >= 0.3 is 12.4 Å². The van der Waals surface area contributed by atoms with Crippen LogP contribution in [0.3, 0.4) is 0 Å². The van der Waals surface area contributed by atoms with Crippen LogP contribution in [0.15, 0.2) is 22.7 Å². The van der Waals surface area contributed by atoms with Gasteiger partial charge < -0.3 is 4.74 Å². The van der Waals surface area contributed by atoms with E-state index in [9.17, 15) is 30.7 Å². The fraction of sp³-hybridized carbons (Fsp3) is 0.400. The lowest BCUT2D eigenvalue weighted by atomic mass is 10.2. The first-order chi connectivity index (χ1) is 8.51. The molecule has 1 rings (SSSR count). The first-order valence-electron chi connectivity index (χ1n) is 4.71. The van der Waals surface area contributed by atoms with E-state index in [1.807, 2.05) is 0 Å². The summed E-state index contributed by atoms with van der Waals surface area (Å²) in [6.07, 6.45) is -15.0. The van der Waals surface area contributed by atoms with Gasteiger partial charge in [-0.25, -0.2) is 4.39 Å². The van der Waals surface area contributed by atoms with Crippen molar-refractivity contribution < 1.29 is 35.5 Å². The predicted molar refractivity (Wildman–Crippen MR) is 54.8 cm³/mol. The SMILES string of the molecule is Fc1ccc(COC(C(F)(F)F)C(F)(F)F)cc1Br. The van der Waals surface area contributed by atoms with E-state index < -0.39 is 30.9 Å². The van der Waals surface area contributed by atoms with E-state index >= 15 is 0 Å². The van der Waals surface area contributed by atoms with Crippen molar-refractivity contribution >= 4 is 15.9 Å². The molecule has 108 valence electrons. The van der Waals surface area contributed by atoms with Gasteiger partial charge in [-0.1, -0.05) is 6.07 Å². The van der Waals surface area contributed by atoms with E-state index in [-0.39, 0.29) is 10.0 Å². The second kappa shape index (κ2) is 5.66. The largest absolute Gasteiger partial charge is 0.423 e. The van der Waals surface area contributed by atoms with Gasteiger partial charge in [-0.3, -0.25) is 0 Å². The maximum Gasteiger partial charge on any atom is 0.423 e. The minimum absolute atomic E-state index is 0.0215. The maximum atomic E-state index is 12.8. The molecule has 0 aliphatic heterocycles. The van der Waals surface area contributed by atoms with Crippen LogP contribution in [0, 0.1) is 5.82 Å². The van der Waals surface area contributed by atoms with E-state index in [2.05, 4.69) is 20.7 Å². The Kier molecular flexibility index (Phi) is 4.83.